The van der Waals surface area contributed by atoms with E-state index in [1.165, 1.54) is 4.90 Å². The van der Waals surface area contributed by atoms with Gasteiger partial charge in [-0.05, 0) is 57.0 Å². The molecule has 2 heterocycles. The van der Waals surface area contributed by atoms with Crippen LogP contribution in [0.4, 0.5) is 5.69 Å². The van der Waals surface area contributed by atoms with E-state index in [0.717, 1.165) is 31.6 Å². The molecule has 0 saturated carbocycles. The van der Waals surface area contributed by atoms with Crippen molar-refractivity contribution in [2.75, 3.05) is 24.7 Å². The fourth-order valence-electron chi connectivity index (χ4n) is 3.90. The summed E-state index contributed by atoms with van der Waals surface area (Å²) in [5.41, 5.74) is 0.594. The van der Waals surface area contributed by atoms with Crippen LogP contribution in [0.1, 0.15) is 39.0 Å². The number of aliphatic hydroxyl groups is 1. The molecule has 0 bridgehead atoms. The number of nitrogens with zero attached hydrogens (tertiary/aromatic N) is 2. The van der Waals surface area contributed by atoms with Gasteiger partial charge in [0.15, 0.2) is 0 Å². The summed E-state index contributed by atoms with van der Waals surface area (Å²) in [5.74, 6) is 0.410. The van der Waals surface area contributed by atoms with E-state index in [1.54, 1.807) is 24.3 Å². The first kappa shape index (κ1) is 17.9. The molecule has 1 N–H and O–H groups in total. The van der Waals surface area contributed by atoms with Crippen molar-refractivity contribution in [2.45, 2.75) is 51.1 Å². The Balaban J connectivity index is 1.77. The van der Waals surface area contributed by atoms with E-state index in [4.69, 9.17) is 4.74 Å². The smallest absolute Gasteiger partial charge is 0.251 e. The lowest BCUT2D eigenvalue weighted by Crippen LogP contribution is -2.50. The zero-order chi connectivity index (χ0) is 17.8. The molecule has 0 spiro atoms. The maximum absolute atomic E-state index is 12.9. The number of piperidine rings is 1. The minimum absolute atomic E-state index is 0.110. The van der Waals surface area contributed by atoms with Crippen molar-refractivity contribution >= 4 is 17.5 Å². The predicted octanol–water partition coefficient (Wildman–Crippen LogP) is 1.95. The number of aliphatic hydroxyl groups excluding tert-OH is 1. The summed E-state index contributed by atoms with van der Waals surface area (Å²) in [6.07, 6.45) is 3.98. The van der Waals surface area contributed by atoms with Gasteiger partial charge >= 0.3 is 0 Å². The van der Waals surface area contributed by atoms with E-state index in [-0.39, 0.29) is 30.9 Å². The largest absolute Gasteiger partial charge is 0.494 e. The van der Waals surface area contributed by atoms with Crippen LogP contribution in [-0.2, 0) is 9.59 Å². The molecule has 0 aliphatic carbocycles. The Bertz CT molecular complexity index is 614. The Labute approximate surface area is 148 Å². The number of carbonyl (C=O) groups excluding carboxylic acids is 2. The van der Waals surface area contributed by atoms with Gasteiger partial charge in [0.05, 0.1) is 24.8 Å². The van der Waals surface area contributed by atoms with Crippen molar-refractivity contribution in [3.63, 3.8) is 0 Å². The maximum Gasteiger partial charge on any atom is 0.251 e. The van der Waals surface area contributed by atoms with Gasteiger partial charge in [0.1, 0.15) is 5.75 Å². The zero-order valence-electron chi connectivity index (χ0n) is 14.7. The summed E-state index contributed by atoms with van der Waals surface area (Å²) in [4.78, 5) is 28.9. The summed E-state index contributed by atoms with van der Waals surface area (Å²) >= 11 is 0. The monoisotopic (exact) mass is 346 g/mol. The molecule has 1 aromatic rings. The number of anilines is 1. The summed E-state index contributed by atoms with van der Waals surface area (Å²) in [5, 5.41) is 9.30. The number of imide groups is 1. The first-order chi connectivity index (χ1) is 12.2. The lowest BCUT2D eigenvalue weighted by molar-refractivity contribution is -0.123. The first-order valence-electron chi connectivity index (χ1n) is 9.12. The molecule has 2 fully saturated rings. The number of carbonyl (C=O) groups is 2. The minimum Gasteiger partial charge on any atom is -0.494 e. The molecule has 1 aromatic carbocycles. The average Bonchev–Trinajstić information content (AvgIpc) is 2.91. The first-order valence-corrected chi connectivity index (χ1v) is 9.12. The highest BCUT2D eigenvalue weighted by Crippen LogP contribution is 2.31. The van der Waals surface area contributed by atoms with Crippen LogP contribution >= 0.6 is 0 Å². The van der Waals surface area contributed by atoms with Crippen molar-refractivity contribution in [3.05, 3.63) is 24.3 Å². The fraction of sp³-hybridized carbons (Fsp3) is 0.579. The topological polar surface area (TPSA) is 70.1 Å². The lowest BCUT2D eigenvalue weighted by atomic mass is 9.97. The molecule has 6 heteroatoms. The predicted molar refractivity (Wildman–Crippen MR) is 94.6 cm³/mol. The van der Waals surface area contributed by atoms with E-state index in [1.807, 2.05) is 6.92 Å². The van der Waals surface area contributed by atoms with Gasteiger partial charge in [-0.3, -0.25) is 14.5 Å². The van der Waals surface area contributed by atoms with Crippen LogP contribution in [-0.4, -0.2) is 53.7 Å². The molecule has 0 radical (unpaired) electrons. The molecule has 0 aromatic heterocycles. The van der Waals surface area contributed by atoms with Crippen LogP contribution in [0.15, 0.2) is 24.3 Å². The van der Waals surface area contributed by atoms with Crippen LogP contribution in [0.2, 0.25) is 0 Å². The second-order valence-electron chi connectivity index (χ2n) is 6.61. The number of amides is 2. The fourth-order valence-corrected chi connectivity index (χ4v) is 3.90. The van der Waals surface area contributed by atoms with Crippen LogP contribution in [0, 0.1) is 0 Å². The van der Waals surface area contributed by atoms with E-state index in [9.17, 15) is 14.7 Å². The third-order valence-corrected chi connectivity index (χ3v) is 5.06. The van der Waals surface area contributed by atoms with Gasteiger partial charge in [0, 0.05) is 12.6 Å². The van der Waals surface area contributed by atoms with Crippen molar-refractivity contribution < 1.29 is 19.4 Å². The van der Waals surface area contributed by atoms with Crippen molar-refractivity contribution in [2.24, 2.45) is 0 Å². The molecule has 3 rings (SSSR count). The normalized spacial score (nSPS) is 24.8. The van der Waals surface area contributed by atoms with Crippen molar-refractivity contribution in [3.8, 4) is 5.75 Å². The molecule has 2 saturated heterocycles. The number of benzene rings is 1. The van der Waals surface area contributed by atoms with Gasteiger partial charge in [-0.1, -0.05) is 6.42 Å². The van der Waals surface area contributed by atoms with Crippen LogP contribution in [0.25, 0.3) is 0 Å². The summed E-state index contributed by atoms with van der Waals surface area (Å²) < 4.78 is 5.41. The number of rotatable bonds is 6. The average molecular weight is 346 g/mol. The Hall–Kier alpha value is -1.92. The van der Waals surface area contributed by atoms with Crippen LogP contribution < -0.4 is 9.64 Å². The molecule has 2 aliphatic rings. The molecule has 25 heavy (non-hydrogen) atoms. The van der Waals surface area contributed by atoms with E-state index < -0.39 is 6.04 Å². The second kappa shape index (κ2) is 7.97. The summed E-state index contributed by atoms with van der Waals surface area (Å²) in [7, 11) is 0. The van der Waals surface area contributed by atoms with Gasteiger partial charge in [-0.2, -0.15) is 0 Å². The van der Waals surface area contributed by atoms with Crippen molar-refractivity contribution in [1.82, 2.24) is 4.90 Å². The number of hydrogen-bond acceptors (Lipinski definition) is 5. The highest BCUT2D eigenvalue weighted by molar-refractivity contribution is 6.22. The summed E-state index contributed by atoms with van der Waals surface area (Å²) in [6.45, 7) is 3.40. The standard InChI is InChI=1S/C19H26N2O4/c1-2-25-16-8-6-15(7-9-16)21-18(23)13-17(19(21)24)20-11-4-3-5-14(20)10-12-22/h6-9,14,17,22H,2-5,10-13H2,1H3/t14-,17-/m1/s1. The van der Waals surface area contributed by atoms with Gasteiger partial charge in [-0.15, -0.1) is 0 Å². The minimum atomic E-state index is -0.407. The molecule has 2 aliphatic heterocycles. The van der Waals surface area contributed by atoms with Gasteiger partial charge in [-0.25, -0.2) is 4.90 Å². The Morgan fingerprint density at radius 2 is 1.96 bits per heavy atom. The Kier molecular flexibility index (Phi) is 5.71. The molecule has 0 unspecified atom stereocenters. The lowest BCUT2D eigenvalue weighted by Gasteiger charge is -2.38. The maximum atomic E-state index is 12.9. The molecule has 2 atom stereocenters. The van der Waals surface area contributed by atoms with Crippen molar-refractivity contribution in [1.29, 1.82) is 0 Å². The molecular weight excluding hydrogens is 320 g/mol. The van der Waals surface area contributed by atoms with Crippen LogP contribution in [0.3, 0.4) is 0 Å². The molecule has 136 valence electrons. The van der Waals surface area contributed by atoms with Crippen LogP contribution in [0.5, 0.6) is 5.75 Å². The van der Waals surface area contributed by atoms with Gasteiger partial charge in [0.2, 0.25) is 5.91 Å². The number of hydrogen-bond donors (Lipinski definition) is 1. The number of likely N-dealkylation sites (tertiary alicyclic amines) is 1. The van der Waals surface area contributed by atoms with E-state index in [2.05, 4.69) is 4.90 Å². The molecule has 2 amide bonds. The quantitative estimate of drug-likeness (QED) is 0.798. The molecular formula is C19H26N2O4. The highest BCUT2D eigenvalue weighted by Gasteiger charge is 2.44. The van der Waals surface area contributed by atoms with E-state index in [0.29, 0.717) is 18.7 Å². The molecule has 6 nitrogen and oxygen atoms in total. The third-order valence-electron chi connectivity index (χ3n) is 5.06. The van der Waals surface area contributed by atoms with E-state index >= 15 is 0 Å². The Morgan fingerprint density at radius 3 is 2.64 bits per heavy atom. The van der Waals surface area contributed by atoms with Gasteiger partial charge in [0.25, 0.3) is 5.91 Å². The number of ether oxygens (including phenoxy) is 1. The third kappa shape index (κ3) is 3.70. The van der Waals surface area contributed by atoms with Gasteiger partial charge < -0.3 is 9.84 Å². The summed E-state index contributed by atoms with van der Waals surface area (Å²) in [6, 6.07) is 6.84. The highest BCUT2D eigenvalue weighted by atomic mass is 16.5. The SMILES string of the molecule is CCOc1ccc(N2C(=O)C[C@@H](N3CCCC[C@@H]3CCO)C2=O)cc1. The second-order valence-corrected chi connectivity index (χ2v) is 6.61. The Morgan fingerprint density at radius 1 is 1.20 bits per heavy atom. The zero-order valence-corrected chi connectivity index (χ0v) is 14.7.